The van der Waals surface area contributed by atoms with E-state index in [0.717, 1.165) is 78.8 Å². The zero-order valence-electron chi connectivity index (χ0n) is 27.8. The number of methoxy groups -OCH3 is 1. The molecular formula is C38H49N3O7. The minimum Gasteiger partial charge on any atom is -0.392 e. The van der Waals surface area contributed by atoms with Crippen LogP contribution in [0.1, 0.15) is 86.0 Å². The quantitative estimate of drug-likeness (QED) is 0.0892. The Bertz CT molecular complexity index is 1470. The van der Waals surface area contributed by atoms with Gasteiger partial charge >= 0.3 is 0 Å². The molecule has 4 N–H and O–H groups in total. The summed E-state index contributed by atoms with van der Waals surface area (Å²) in [6.45, 7) is 3.00. The third-order valence-corrected chi connectivity index (χ3v) is 9.25. The summed E-state index contributed by atoms with van der Waals surface area (Å²) >= 11 is 0. The fourth-order valence-corrected chi connectivity index (χ4v) is 6.63. The number of hydroxylamine groups is 1. The van der Waals surface area contributed by atoms with Gasteiger partial charge < -0.3 is 24.6 Å². The molecule has 258 valence electrons. The van der Waals surface area contributed by atoms with Crippen molar-refractivity contribution in [2.45, 2.75) is 89.1 Å². The number of rotatable bonds is 16. The van der Waals surface area contributed by atoms with Gasteiger partial charge in [0, 0.05) is 51.1 Å². The smallest absolute Gasteiger partial charge is 0.243 e. The van der Waals surface area contributed by atoms with Crippen LogP contribution >= 0.6 is 0 Å². The number of carbonyl (C=O) groups is 2. The van der Waals surface area contributed by atoms with Gasteiger partial charge in [-0.1, -0.05) is 67.1 Å². The molecule has 4 atom stereocenters. The van der Waals surface area contributed by atoms with Crippen molar-refractivity contribution in [3.8, 4) is 11.1 Å². The van der Waals surface area contributed by atoms with E-state index >= 15 is 0 Å². The van der Waals surface area contributed by atoms with Gasteiger partial charge in [0.25, 0.3) is 0 Å². The minimum absolute atomic E-state index is 0.00538. The third-order valence-electron chi connectivity index (χ3n) is 9.25. The number of nitrogens with zero attached hydrogens (tertiary/aromatic N) is 1. The first-order valence-electron chi connectivity index (χ1n) is 17.1. The van der Waals surface area contributed by atoms with Crippen LogP contribution in [0.5, 0.6) is 0 Å². The molecule has 0 aromatic heterocycles. The molecule has 10 heteroatoms. The number of hydrogen-bond donors (Lipinski definition) is 4. The lowest BCUT2D eigenvalue weighted by Crippen LogP contribution is -2.42. The van der Waals surface area contributed by atoms with Gasteiger partial charge in [0.15, 0.2) is 6.29 Å². The molecule has 0 unspecified atom stereocenters. The summed E-state index contributed by atoms with van der Waals surface area (Å²) in [5.41, 5.74) is 7.58. The molecule has 2 aliphatic rings. The van der Waals surface area contributed by atoms with Gasteiger partial charge in [-0.2, -0.15) is 0 Å². The van der Waals surface area contributed by atoms with Crippen LogP contribution in [0.4, 0.5) is 0 Å². The van der Waals surface area contributed by atoms with Crippen LogP contribution in [0, 0.1) is 0 Å². The molecule has 2 fully saturated rings. The molecule has 0 radical (unpaired) electrons. The molecule has 10 nitrogen and oxygen atoms in total. The van der Waals surface area contributed by atoms with Gasteiger partial charge in [-0.15, -0.1) is 0 Å². The number of unbranched alkanes of at least 4 members (excludes halogenated alkanes) is 2. The van der Waals surface area contributed by atoms with Gasteiger partial charge in [-0.3, -0.25) is 19.7 Å². The van der Waals surface area contributed by atoms with Gasteiger partial charge in [-0.25, -0.2) is 5.48 Å². The normalized spacial score (nSPS) is 21.2. The summed E-state index contributed by atoms with van der Waals surface area (Å²) in [6, 6.07) is 24.8. The van der Waals surface area contributed by atoms with Gasteiger partial charge in [0.2, 0.25) is 11.8 Å². The number of amides is 2. The van der Waals surface area contributed by atoms with Crippen LogP contribution in [0.3, 0.4) is 0 Å². The molecular weight excluding hydrogens is 610 g/mol. The van der Waals surface area contributed by atoms with E-state index in [0.29, 0.717) is 31.8 Å². The number of aliphatic hydroxyl groups excluding tert-OH is 1. The van der Waals surface area contributed by atoms with Gasteiger partial charge in [0.1, 0.15) is 0 Å². The predicted octanol–water partition coefficient (Wildman–Crippen LogP) is 5.57. The van der Waals surface area contributed by atoms with Crippen molar-refractivity contribution in [2.75, 3.05) is 26.8 Å². The summed E-state index contributed by atoms with van der Waals surface area (Å²) < 4.78 is 18.8. The van der Waals surface area contributed by atoms with E-state index in [1.54, 1.807) is 12.6 Å². The summed E-state index contributed by atoms with van der Waals surface area (Å²) in [6.07, 6.45) is 4.99. The van der Waals surface area contributed by atoms with E-state index in [-0.39, 0.29) is 31.1 Å². The summed E-state index contributed by atoms with van der Waals surface area (Å²) in [5.74, 6) is -0.436. The lowest BCUT2D eigenvalue weighted by molar-refractivity contribution is -0.253. The molecule has 2 heterocycles. The standard InChI is InChI=1S/C38H49N3O7/c1-46-26-33-12-7-19-41(33)24-34-22-35(29-17-15-27(25-42)16-18-29)48-38(47-34)32-11-6-10-31(21-32)30-9-5-8-28(20-30)23-39-36(43)13-3-2-4-14-37(44)40-45/h5-6,8-11,15-18,20-21,33-35,38,42,45H,2-4,7,12-14,19,22-26H2,1H3,(H,39,43)(H,40,44)/t33-,34+,35-,38-/m0/s1. The van der Waals surface area contributed by atoms with Crippen molar-refractivity contribution in [3.63, 3.8) is 0 Å². The highest BCUT2D eigenvalue weighted by Gasteiger charge is 2.35. The number of nitrogens with one attached hydrogen (secondary N) is 2. The van der Waals surface area contributed by atoms with E-state index in [1.807, 2.05) is 48.5 Å². The average Bonchev–Trinajstić information content (AvgIpc) is 3.56. The van der Waals surface area contributed by atoms with Crippen molar-refractivity contribution in [2.24, 2.45) is 0 Å². The first kappa shape index (κ1) is 35.7. The molecule has 2 amide bonds. The maximum Gasteiger partial charge on any atom is 0.243 e. The molecule has 3 aromatic rings. The molecule has 48 heavy (non-hydrogen) atoms. The van der Waals surface area contributed by atoms with Crippen LogP contribution in [0.15, 0.2) is 72.8 Å². The Balaban J connectivity index is 1.25. The number of carbonyl (C=O) groups excluding carboxylic acids is 2. The number of benzene rings is 3. The van der Waals surface area contributed by atoms with E-state index < -0.39 is 12.2 Å². The first-order valence-corrected chi connectivity index (χ1v) is 17.1. The van der Waals surface area contributed by atoms with Crippen molar-refractivity contribution in [1.82, 2.24) is 15.7 Å². The zero-order valence-corrected chi connectivity index (χ0v) is 27.8. The highest BCUT2D eigenvalue weighted by molar-refractivity contribution is 5.76. The number of hydrogen-bond acceptors (Lipinski definition) is 8. The molecule has 0 aliphatic carbocycles. The number of likely N-dealkylation sites (tertiary alicyclic amines) is 1. The zero-order chi connectivity index (χ0) is 33.7. The van der Waals surface area contributed by atoms with Crippen molar-refractivity contribution >= 4 is 11.8 Å². The molecule has 0 saturated carbocycles. The second-order valence-electron chi connectivity index (χ2n) is 12.8. The van der Waals surface area contributed by atoms with Gasteiger partial charge in [0.05, 0.1) is 25.4 Å². The molecule has 3 aromatic carbocycles. The van der Waals surface area contributed by atoms with Crippen LogP contribution in [0.2, 0.25) is 0 Å². The fraction of sp³-hybridized carbons (Fsp3) is 0.474. The van der Waals surface area contributed by atoms with E-state index in [9.17, 15) is 14.7 Å². The third kappa shape index (κ3) is 10.2. The van der Waals surface area contributed by atoms with Crippen LogP contribution in [0.25, 0.3) is 11.1 Å². The van der Waals surface area contributed by atoms with Crippen LogP contribution in [-0.4, -0.2) is 66.0 Å². The van der Waals surface area contributed by atoms with E-state index in [4.69, 9.17) is 19.4 Å². The lowest BCUT2D eigenvalue weighted by Gasteiger charge is -2.39. The Kier molecular flexibility index (Phi) is 13.5. The fourth-order valence-electron chi connectivity index (χ4n) is 6.63. The molecule has 2 aliphatic heterocycles. The predicted molar refractivity (Wildman–Crippen MR) is 182 cm³/mol. The Morgan fingerprint density at radius 1 is 0.896 bits per heavy atom. The topological polar surface area (TPSA) is 130 Å². The SMILES string of the molecule is COC[C@@H]1CCCN1C[C@H]1C[C@@H](c2ccc(CO)cc2)O[C@@H](c2cccc(-c3cccc(CNC(=O)CCCCCC(=O)NO)c3)c2)O1. The first-order chi connectivity index (χ1) is 23.4. The van der Waals surface area contributed by atoms with E-state index in [1.165, 1.54) is 0 Å². The maximum absolute atomic E-state index is 12.4. The summed E-state index contributed by atoms with van der Waals surface area (Å²) in [5, 5.41) is 21.1. The number of ether oxygens (including phenoxy) is 3. The minimum atomic E-state index is -0.546. The Morgan fingerprint density at radius 2 is 1.65 bits per heavy atom. The van der Waals surface area contributed by atoms with Crippen molar-refractivity contribution < 1.29 is 34.1 Å². The Hall–Kier alpha value is -3.64. The average molecular weight is 660 g/mol. The van der Waals surface area contributed by atoms with Crippen molar-refractivity contribution in [3.05, 3.63) is 95.1 Å². The monoisotopic (exact) mass is 659 g/mol. The highest BCUT2D eigenvalue weighted by atomic mass is 16.7. The molecule has 0 spiro atoms. The van der Waals surface area contributed by atoms with Gasteiger partial charge in [-0.05, 0) is 72.2 Å². The molecule has 5 rings (SSSR count). The largest absolute Gasteiger partial charge is 0.392 e. The summed E-state index contributed by atoms with van der Waals surface area (Å²) in [4.78, 5) is 26.0. The Labute approximate surface area is 283 Å². The maximum atomic E-state index is 12.4. The Morgan fingerprint density at radius 3 is 2.40 bits per heavy atom. The van der Waals surface area contributed by atoms with Crippen LogP contribution < -0.4 is 10.8 Å². The molecule has 0 bridgehead atoms. The van der Waals surface area contributed by atoms with E-state index in [2.05, 4.69) is 34.5 Å². The highest BCUT2D eigenvalue weighted by Crippen LogP contribution is 2.39. The van der Waals surface area contributed by atoms with Crippen molar-refractivity contribution in [1.29, 1.82) is 0 Å². The summed E-state index contributed by atoms with van der Waals surface area (Å²) in [7, 11) is 1.76. The lowest BCUT2D eigenvalue weighted by atomic mass is 9.98. The number of aliphatic hydroxyl groups is 1. The van der Waals surface area contributed by atoms with Crippen LogP contribution in [-0.2, 0) is 37.0 Å². The second-order valence-corrected chi connectivity index (χ2v) is 12.8. The molecule has 2 saturated heterocycles. The second kappa shape index (κ2) is 18.2.